The molecule has 0 N–H and O–H groups in total. The number of fused-ring (bicyclic) bond motifs is 2. The molecule has 59 heavy (non-hydrogen) atoms. The molecule has 0 saturated carbocycles. The number of nitrogens with zero attached hydrogens (tertiary/aromatic N) is 9. The quantitative estimate of drug-likeness (QED) is 0.147. The number of ether oxygens (including phenoxy) is 2. The fraction of sp³-hybridized carbons (Fsp3) is 0.442. The summed E-state index contributed by atoms with van der Waals surface area (Å²) in [6.07, 6.45) is 9.32. The van der Waals surface area contributed by atoms with E-state index in [1.165, 1.54) is 17.0 Å². The van der Waals surface area contributed by atoms with Crippen LogP contribution in [0.4, 0.5) is 28.7 Å². The summed E-state index contributed by atoms with van der Waals surface area (Å²) in [4.78, 5) is 22.6. The van der Waals surface area contributed by atoms with Gasteiger partial charge in [-0.3, -0.25) is 9.56 Å². The maximum atomic E-state index is 12.4. The summed E-state index contributed by atoms with van der Waals surface area (Å²) < 4.78 is 45.7. The van der Waals surface area contributed by atoms with Gasteiger partial charge in [-0.15, -0.1) is 0 Å². The molecule has 3 aliphatic rings. The standard InChI is InChI=1S/C21H27N5O2S.C12H18ClN3O2S.C10H11N/c1-5-20-22-17-8-6-7-9-18(17)26(20)21-13-16(25-10-11-28-14-15(25)2)12-19(23-21)24-29(3,4)27;1-9-8-18-5-4-16(9)10-6-11(13)14-12(7-10)15-19(2,3)17;1-2-9-7-8-5-3-4-6-10(8)11-9/h6-9,12-13,15H,5,10-11,14H2,1-4H3;6-7,9H,4-5,8H2,1-3H3;3-6H,2,7H2,1H3/t15-;9-;/m11./s1. The van der Waals surface area contributed by atoms with Crippen molar-refractivity contribution in [1.29, 1.82) is 0 Å². The van der Waals surface area contributed by atoms with Crippen LogP contribution in [0.1, 0.15) is 45.5 Å². The first-order valence-electron chi connectivity index (χ1n) is 19.9. The van der Waals surface area contributed by atoms with Crippen LogP contribution in [0.2, 0.25) is 5.15 Å². The summed E-state index contributed by atoms with van der Waals surface area (Å²) in [5, 5.41) is 0.360. The highest BCUT2D eigenvalue weighted by atomic mass is 35.5. The first kappa shape index (κ1) is 44.2. The summed E-state index contributed by atoms with van der Waals surface area (Å²) in [6, 6.07) is 24.5. The Balaban J connectivity index is 0.000000166. The van der Waals surface area contributed by atoms with Gasteiger partial charge < -0.3 is 19.3 Å². The lowest BCUT2D eigenvalue weighted by molar-refractivity contribution is 0.0989. The average molecular weight is 863 g/mol. The molecule has 6 heterocycles. The summed E-state index contributed by atoms with van der Waals surface area (Å²) >= 11 is 6.02. The van der Waals surface area contributed by atoms with Crippen molar-refractivity contribution in [2.45, 2.75) is 59.0 Å². The normalized spacial score (nSPS) is 17.9. The van der Waals surface area contributed by atoms with Crippen LogP contribution in [0.3, 0.4) is 0 Å². The lowest BCUT2D eigenvalue weighted by Crippen LogP contribution is -2.43. The number of aryl methyl sites for hydroxylation is 1. The van der Waals surface area contributed by atoms with Crippen molar-refractivity contribution in [2.75, 3.05) is 74.3 Å². The third-order valence-corrected chi connectivity index (χ3v) is 11.3. The van der Waals surface area contributed by atoms with E-state index in [1.807, 2.05) is 42.5 Å². The fourth-order valence-corrected chi connectivity index (χ4v) is 8.43. The molecule has 8 rings (SSSR count). The predicted octanol–water partition coefficient (Wildman–Crippen LogP) is 8.61. The highest BCUT2D eigenvalue weighted by Gasteiger charge is 2.23. The number of aliphatic imine (C=N–C) groups is 1. The van der Waals surface area contributed by atoms with E-state index in [4.69, 9.17) is 31.0 Å². The number of halogens is 1. The van der Waals surface area contributed by atoms with E-state index in [1.54, 1.807) is 31.1 Å². The second-order valence-corrected chi connectivity index (χ2v) is 20.8. The third kappa shape index (κ3) is 11.9. The molecule has 0 spiro atoms. The minimum Gasteiger partial charge on any atom is -0.377 e. The SMILES string of the molecule is CCC1=Nc2ccccc2C1.CCc1nc2ccccc2n1-c1cc(N2CCOC[C@H]2C)cc(N=S(C)(C)=O)n1.C[C@@H]1COCCN1c1cc(Cl)nc(N=S(C)(C)=O)c1. The van der Waals surface area contributed by atoms with Crippen LogP contribution in [0.5, 0.6) is 0 Å². The molecule has 0 aliphatic carbocycles. The number of hydrogen-bond acceptors (Lipinski definition) is 12. The molecule has 316 valence electrons. The molecule has 0 amide bonds. The number of benzene rings is 2. The number of imidazole rings is 1. The van der Waals surface area contributed by atoms with Crippen molar-refractivity contribution in [2.24, 2.45) is 13.7 Å². The average Bonchev–Trinajstić information content (AvgIpc) is 3.79. The number of hydrogen-bond donors (Lipinski definition) is 0. The van der Waals surface area contributed by atoms with Crippen molar-refractivity contribution < 1.29 is 17.9 Å². The molecule has 3 aromatic heterocycles. The highest BCUT2D eigenvalue weighted by molar-refractivity contribution is 7.92. The van der Waals surface area contributed by atoms with Gasteiger partial charge in [-0.1, -0.05) is 55.8 Å². The van der Waals surface area contributed by atoms with Gasteiger partial charge in [0.25, 0.3) is 0 Å². The lowest BCUT2D eigenvalue weighted by atomic mass is 10.1. The topological polar surface area (TPSA) is 140 Å². The van der Waals surface area contributed by atoms with Gasteiger partial charge in [0, 0.05) is 118 Å². The molecule has 2 aromatic carbocycles. The molecule has 2 saturated heterocycles. The van der Waals surface area contributed by atoms with Crippen molar-refractivity contribution in [3.63, 3.8) is 0 Å². The van der Waals surface area contributed by atoms with E-state index in [0.717, 1.165) is 66.4 Å². The lowest BCUT2D eigenvalue weighted by Gasteiger charge is -2.35. The molecule has 5 aromatic rings. The molecular formula is C43H56ClN9O4S2. The molecular weight excluding hydrogens is 806 g/mol. The Kier molecular flexibility index (Phi) is 14.5. The summed E-state index contributed by atoms with van der Waals surface area (Å²) in [5.74, 6) is 2.57. The van der Waals surface area contributed by atoms with E-state index in [2.05, 4.69) is 85.0 Å². The van der Waals surface area contributed by atoms with Gasteiger partial charge >= 0.3 is 0 Å². The first-order valence-corrected chi connectivity index (χ1v) is 25.0. The Morgan fingerprint density at radius 2 is 1.32 bits per heavy atom. The van der Waals surface area contributed by atoms with Crippen molar-refractivity contribution in [1.82, 2.24) is 19.5 Å². The zero-order chi connectivity index (χ0) is 42.3. The summed E-state index contributed by atoms with van der Waals surface area (Å²) in [6.45, 7) is 12.8. The van der Waals surface area contributed by atoms with Gasteiger partial charge in [-0.2, -0.15) is 8.73 Å². The molecule has 13 nitrogen and oxygen atoms in total. The monoisotopic (exact) mass is 861 g/mol. The van der Waals surface area contributed by atoms with E-state index >= 15 is 0 Å². The van der Waals surface area contributed by atoms with E-state index in [0.29, 0.717) is 43.2 Å². The molecule has 0 bridgehead atoms. The second kappa shape index (κ2) is 19.3. The maximum absolute atomic E-state index is 12.4. The number of para-hydroxylation sites is 3. The number of pyridine rings is 2. The van der Waals surface area contributed by atoms with Crippen LogP contribution >= 0.6 is 11.6 Å². The van der Waals surface area contributed by atoms with E-state index < -0.39 is 19.5 Å². The Morgan fingerprint density at radius 1 is 0.746 bits per heavy atom. The van der Waals surface area contributed by atoms with Gasteiger partial charge in [-0.05, 0) is 50.1 Å². The largest absolute Gasteiger partial charge is 0.377 e. The van der Waals surface area contributed by atoms with Crippen LogP contribution in [0.15, 0.2) is 86.5 Å². The van der Waals surface area contributed by atoms with Crippen LogP contribution in [0.25, 0.3) is 16.9 Å². The number of anilines is 2. The number of rotatable bonds is 7. The predicted molar refractivity (Wildman–Crippen MR) is 244 cm³/mol. The van der Waals surface area contributed by atoms with Gasteiger partial charge in [0.1, 0.15) is 16.8 Å². The van der Waals surface area contributed by atoms with Crippen LogP contribution in [-0.2, 0) is 41.8 Å². The minimum absolute atomic E-state index is 0.240. The van der Waals surface area contributed by atoms with Crippen LogP contribution < -0.4 is 9.80 Å². The smallest absolute Gasteiger partial charge is 0.165 e. The van der Waals surface area contributed by atoms with Crippen molar-refractivity contribution in [3.05, 3.63) is 89.3 Å². The molecule has 3 aliphatic heterocycles. The number of morpholine rings is 2. The Morgan fingerprint density at radius 3 is 1.90 bits per heavy atom. The first-order chi connectivity index (χ1) is 28.1. The molecule has 2 fully saturated rings. The van der Waals surface area contributed by atoms with Gasteiger partial charge in [-0.25, -0.2) is 23.4 Å². The summed E-state index contributed by atoms with van der Waals surface area (Å²) in [5.41, 5.74) is 7.75. The Labute approximate surface area is 354 Å². The maximum Gasteiger partial charge on any atom is 0.165 e. The minimum atomic E-state index is -2.34. The van der Waals surface area contributed by atoms with Gasteiger partial charge in [0.15, 0.2) is 11.6 Å². The highest BCUT2D eigenvalue weighted by Crippen LogP contribution is 2.31. The Hall–Kier alpha value is -4.41. The molecule has 0 unspecified atom stereocenters. The van der Waals surface area contributed by atoms with Crippen molar-refractivity contribution in [3.8, 4) is 5.82 Å². The van der Waals surface area contributed by atoms with E-state index in [9.17, 15) is 8.42 Å². The van der Waals surface area contributed by atoms with E-state index in [-0.39, 0.29) is 12.1 Å². The molecule has 2 atom stereocenters. The zero-order valence-electron chi connectivity index (χ0n) is 35.3. The second-order valence-electron chi connectivity index (χ2n) is 15.4. The third-order valence-electron chi connectivity index (χ3n) is 9.82. The van der Waals surface area contributed by atoms with Crippen LogP contribution in [-0.4, -0.2) is 110 Å². The fourth-order valence-electron chi connectivity index (χ4n) is 7.14. The Bertz CT molecular complexity index is 2550. The number of aromatic nitrogens is 4. The van der Waals surface area contributed by atoms with Gasteiger partial charge in [0.2, 0.25) is 0 Å². The summed E-state index contributed by atoms with van der Waals surface area (Å²) in [7, 11) is -4.58. The van der Waals surface area contributed by atoms with Crippen LogP contribution in [0, 0.1) is 0 Å². The van der Waals surface area contributed by atoms with Gasteiger partial charge in [0.05, 0.1) is 43.1 Å². The van der Waals surface area contributed by atoms with Crippen molar-refractivity contribution >= 4 is 76.5 Å². The molecule has 16 heteroatoms. The zero-order valence-corrected chi connectivity index (χ0v) is 37.7. The molecule has 0 radical (unpaired) electrons.